The highest BCUT2D eigenvalue weighted by atomic mass is 19.3. The lowest BCUT2D eigenvalue weighted by molar-refractivity contribution is -0.182. The fourth-order valence-corrected chi connectivity index (χ4v) is 6.99. The topological polar surface area (TPSA) is 113 Å². The maximum atomic E-state index is 14.4. The number of carboxylic acids is 1. The van der Waals surface area contributed by atoms with Crippen LogP contribution in [0.3, 0.4) is 0 Å². The maximum Gasteiger partial charge on any atom is 0.349 e. The molecule has 4 aliphatic rings. The van der Waals surface area contributed by atoms with Gasteiger partial charge in [-0.3, -0.25) is 14.4 Å². The minimum Gasteiger partial charge on any atom is -0.480 e. The van der Waals surface area contributed by atoms with Crippen LogP contribution < -0.4 is 5.32 Å². The van der Waals surface area contributed by atoms with Crippen molar-refractivity contribution in [3.05, 3.63) is 35.4 Å². The number of amides is 2. The number of benzene rings is 1. The first-order valence-electron chi connectivity index (χ1n) is 12.1. The molecule has 2 N–H and O–H groups in total. The van der Waals surface area contributed by atoms with E-state index in [1.165, 1.54) is 33.3 Å². The van der Waals surface area contributed by atoms with Gasteiger partial charge in [-0.1, -0.05) is 24.3 Å². The Bertz CT molecular complexity index is 1060. The van der Waals surface area contributed by atoms with E-state index < -0.39 is 40.2 Å². The first-order valence-corrected chi connectivity index (χ1v) is 12.1. The molecule has 8 nitrogen and oxygen atoms in total. The van der Waals surface area contributed by atoms with Gasteiger partial charge in [0, 0.05) is 26.1 Å². The number of nitrogens with one attached hydrogen (secondary N) is 1. The highest BCUT2D eigenvalue weighted by Crippen LogP contribution is 2.65. The molecule has 0 saturated heterocycles. The molecular formula is C26H32F2N2O6. The van der Waals surface area contributed by atoms with Gasteiger partial charge in [-0.25, -0.2) is 4.79 Å². The molecule has 2 amide bonds. The number of esters is 1. The molecule has 4 bridgehead atoms. The Morgan fingerprint density at radius 2 is 1.64 bits per heavy atom. The predicted octanol–water partition coefficient (Wildman–Crippen LogP) is 2.74. The molecule has 3 atom stereocenters. The second kappa shape index (κ2) is 9.12. The van der Waals surface area contributed by atoms with Crippen molar-refractivity contribution in [1.82, 2.24) is 10.2 Å². The van der Waals surface area contributed by atoms with Crippen LogP contribution >= 0.6 is 0 Å². The molecule has 4 aliphatic carbocycles. The van der Waals surface area contributed by atoms with Gasteiger partial charge in [0.2, 0.25) is 5.91 Å². The van der Waals surface area contributed by atoms with E-state index in [1.807, 2.05) is 0 Å². The summed E-state index contributed by atoms with van der Waals surface area (Å²) >= 11 is 0. The van der Waals surface area contributed by atoms with Gasteiger partial charge in [-0.2, -0.15) is 8.78 Å². The van der Waals surface area contributed by atoms with E-state index in [9.17, 15) is 33.1 Å². The summed E-state index contributed by atoms with van der Waals surface area (Å²) in [4.78, 5) is 50.8. The third-order valence-corrected chi connectivity index (χ3v) is 8.20. The van der Waals surface area contributed by atoms with Gasteiger partial charge in [-0.15, -0.1) is 0 Å². The lowest BCUT2D eigenvalue weighted by Gasteiger charge is -2.59. The van der Waals surface area contributed by atoms with Crippen molar-refractivity contribution in [3.63, 3.8) is 0 Å². The smallest absolute Gasteiger partial charge is 0.349 e. The van der Waals surface area contributed by atoms with Crippen LogP contribution in [0.25, 0.3) is 0 Å². The molecule has 0 aliphatic heterocycles. The van der Waals surface area contributed by atoms with E-state index in [-0.39, 0.29) is 30.1 Å². The number of nitrogens with zero attached hydrogens (tertiary/aromatic N) is 1. The number of ether oxygens (including phenoxy) is 1. The number of rotatable bonds is 8. The van der Waals surface area contributed by atoms with E-state index in [1.54, 1.807) is 0 Å². The molecule has 196 valence electrons. The summed E-state index contributed by atoms with van der Waals surface area (Å²) in [5.41, 5.74) is -1.58. The molecular weight excluding hydrogens is 474 g/mol. The van der Waals surface area contributed by atoms with Crippen molar-refractivity contribution in [1.29, 1.82) is 0 Å². The molecule has 4 saturated carbocycles. The Labute approximate surface area is 208 Å². The Morgan fingerprint density at radius 1 is 1.08 bits per heavy atom. The molecule has 1 aromatic rings. The Balaban J connectivity index is 1.49. The molecule has 5 rings (SSSR count). The molecule has 0 heterocycles. The Kier molecular flexibility index (Phi) is 6.59. The summed E-state index contributed by atoms with van der Waals surface area (Å²) in [7, 11) is 3.83. The van der Waals surface area contributed by atoms with Crippen LogP contribution in [0.15, 0.2) is 24.3 Å². The second-order valence-electron chi connectivity index (χ2n) is 11.1. The van der Waals surface area contributed by atoms with Crippen molar-refractivity contribution >= 4 is 23.8 Å². The van der Waals surface area contributed by atoms with Gasteiger partial charge in [-0.05, 0) is 55.9 Å². The number of carbonyl (C=O) groups is 4. The van der Waals surface area contributed by atoms with E-state index in [2.05, 4.69) is 5.32 Å². The van der Waals surface area contributed by atoms with E-state index in [4.69, 9.17) is 4.74 Å². The second-order valence-corrected chi connectivity index (χ2v) is 11.1. The SMILES string of the molecule is COC(=O)C12CC3CC(CC(C(=O)N[C@@H](Cc4ccc(C(F)(F)C(=O)N(C)C)cc4)C(=O)O)(C3)C1)C2. The summed E-state index contributed by atoms with van der Waals surface area (Å²) < 4.78 is 33.9. The van der Waals surface area contributed by atoms with Crippen LogP contribution in [0.4, 0.5) is 8.78 Å². The summed E-state index contributed by atoms with van der Waals surface area (Å²) in [6, 6.07) is 3.60. The largest absolute Gasteiger partial charge is 0.480 e. The van der Waals surface area contributed by atoms with Gasteiger partial charge >= 0.3 is 17.9 Å². The fraction of sp³-hybridized carbons (Fsp3) is 0.615. The number of methoxy groups -OCH3 is 1. The van der Waals surface area contributed by atoms with Gasteiger partial charge in [0.15, 0.2) is 0 Å². The average molecular weight is 507 g/mol. The number of hydrogen-bond acceptors (Lipinski definition) is 5. The number of likely N-dealkylation sites (N-methyl/N-ethyl adjacent to an activating group) is 1. The summed E-state index contributed by atoms with van der Waals surface area (Å²) in [6.07, 6.45) is 3.82. The normalized spacial score (nSPS) is 29.4. The van der Waals surface area contributed by atoms with Crippen LogP contribution in [0.2, 0.25) is 0 Å². The highest BCUT2D eigenvalue weighted by molar-refractivity contribution is 5.89. The number of hydrogen-bond donors (Lipinski definition) is 2. The molecule has 0 aromatic heterocycles. The summed E-state index contributed by atoms with van der Waals surface area (Å²) in [6.45, 7) is 0. The van der Waals surface area contributed by atoms with Crippen LogP contribution in [0.5, 0.6) is 0 Å². The highest BCUT2D eigenvalue weighted by Gasteiger charge is 2.63. The molecule has 4 fully saturated rings. The zero-order valence-electron chi connectivity index (χ0n) is 20.7. The number of aliphatic carboxylic acids is 1. The van der Waals surface area contributed by atoms with E-state index in [0.29, 0.717) is 37.7 Å². The van der Waals surface area contributed by atoms with Crippen molar-refractivity contribution < 1.29 is 37.8 Å². The lowest BCUT2D eigenvalue weighted by atomic mass is 9.44. The van der Waals surface area contributed by atoms with E-state index >= 15 is 0 Å². The Morgan fingerprint density at radius 3 is 2.14 bits per heavy atom. The standard InChI is InChI=1S/C26H32F2N2O6/c1-30(2)22(34)26(27,28)18-6-4-15(5-7-18)9-19(20(31)32)29-21(33)24-10-16-8-17(11-24)13-25(12-16,14-24)23(35)36-3/h4-7,16-17,19H,8-14H2,1-3H3,(H,29,33)(H,31,32)/t16?,17?,19-,24?,25?/m0/s1. The van der Waals surface area contributed by atoms with Gasteiger partial charge < -0.3 is 20.1 Å². The average Bonchev–Trinajstić information content (AvgIpc) is 2.81. The molecule has 36 heavy (non-hydrogen) atoms. The fourth-order valence-electron chi connectivity index (χ4n) is 6.99. The monoisotopic (exact) mass is 506 g/mol. The maximum absolute atomic E-state index is 14.4. The van der Waals surface area contributed by atoms with E-state index in [0.717, 1.165) is 23.5 Å². The van der Waals surface area contributed by atoms with Crippen LogP contribution in [-0.4, -0.2) is 61.0 Å². The first-order chi connectivity index (χ1) is 16.8. The molecule has 10 heteroatoms. The van der Waals surface area contributed by atoms with Crippen molar-refractivity contribution in [2.75, 3.05) is 21.2 Å². The minimum absolute atomic E-state index is 0.111. The summed E-state index contributed by atoms with van der Waals surface area (Å²) in [5, 5.41) is 12.5. The van der Waals surface area contributed by atoms with Crippen LogP contribution in [0, 0.1) is 22.7 Å². The lowest BCUT2D eigenvalue weighted by Crippen LogP contribution is -2.61. The predicted molar refractivity (Wildman–Crippen MR) is 124 cm³/mol. The van der Waals surface area contributed by atoms with Gasteiger partial charge in [0.1, 0.15) is 6.04 Å². The third-order valence-electron chi connectivity index (χ3n) is 8.20. The third kappa shape index (κ3) is 4.46. The van der Waals surface area contributed by atoms with Crippen molar-refractivity contribution in [2.24, 2.45) is 22.7 Å². The number of carbonyl (C=O) groups excluding carboxylic acids is 3. The van der Waals surface area contributed by atoms with Crippen LogP contribution in [0.1, 0.15) is 49.7 Å². The number of halogens is 2. The van der Waals surface area contributed by atoms with Gasteiger partial charge in [0.25, 0.3) is 5.91 Å². The zero-order valence-corrected chi connectivity index (χ0v) is 20.7. The molecule has 1 aromatic carbocycles. The summed E-state index contributed by atoms with van der Waals surface area (Å²) in [5.74, 6) is -6.54. The number of alkyl halides is 2. The number of carboxylic acid groups (broad SMARTS) is 1. The molecule has 0 spiro atoms. The Hall–Kier alpha value is -3.04. The quantitative estimate of drug-likeness (QED) is 0.525. The van der Waals surface area contributed by atoms with Crippen LogP contribution in [-0.2, 0) is 36.3 Å². The molecule has 0 radical (unpaired) electrons. The van der Waals surface area contributed by atoms with Crippen molar-refractivity contribution in [3.8, 4) is 0 Å². The molecule has 2 unspecified atom stereocenters. The zero-order chi connectivity index (χ0) is 26.5. The van der Waals surface area contributed by atoms with Crippen molar-refractivity contribution in [2.45, 2.75) is 56.9 Å². The first kappa shape index (κ1) is 26.0. The van der Waals surface area contributed by atoms with Gasteiger partial charge in [0.05, 0.1) is 17.9 Å². The minimum atomic E-state index is -3.71.